The summed E-state index contributed by atoms with van der Waals surface area (Å²) in [5.41, 5.74) is 0. The van der Waals surface area contributed by atoms with Gasteiger partial charge in [-0.05, 0) is 6.08 Å². The molecule has 0 saturated carbocycles. The molecule has 1 aliphatic rings. The fourth-order valence-electron chi connectivity index (χ4n) is 0.713. The predicted molar refractivity (Wildman–Crippen MR) is 38.2 cm³/mol. The van der Waals surface area contributed by atoms with E-state index < -0.39 is 0 Å². The summed E-state index contributed by atoms with van der Waals surface area (Å²) in [7, 11) is 2.93. The molecule has 2 radical (unpaired) electrons. The Hall–Kier alpha value is -1.25. The number of Topliss-reactive ketones (excluding diaryl/α,β-unsaturated/α-hetero) is 1. The Labute approximate surface area is 65.3 Å². The van der Waals surface area contributed by atoms with Gasteiger partial charge >= 0.3 is 0 Å². The highest BCUT2D eigenvalue weighted by molar-refractivity contribution is 6.02. The van der Waals surface area contributed by atoms with E-state index in [9.17, 15) is 4.79 Å². The first-order valence-corrected chi connectivity index (χ1v) is 3.09. The van der Waals surface area contributed by atoms with Crippen LogP contribution in [0, 0.1) is 12.5 Å². The summed E-state index contributed by atoms with van der Waals surface area (Å²) < 4.78 is 9.58. The molecule has 0 atom stereocenters. The summed E-state index contributed by atoms with van der Waals surface area (Å²) in [6.45, 7) is 0. The SMILES string of the molecule is COC1=[C]C(OC)=C[CH]C1=O. The lowest BCUT2D eigenvalue weighted by molar-refractivity contribution is -0.115. The summed E-state index contributed by atoms with van der Waals surface area (Å²) in [6, 6.07) is 0. The fourth-order valence-corrected chi connectivity index (χ4v) is 0.713. The number of hydrogen-bond acceptors (Lipinski definition) is 3. The van der Waals surface area contributed by atoms with E-state index in [-0.39, 0.29) is 11.5 Å². The van der Waals surface area contributed by atoms with Crippen molar-refractivity contribution in [3.63, 3.8) is 0 Å². The van der Waals surface area contributed by atoms with E-state index in [1.165, 1.54) is 20.6 Å². The average molecular weight is 152 g/mol. The summed E-state index contributed by atoms with van der Waals surface area (Å²) >= 11 is 0. The summed E-state index contributed by atoms with van der Waals surface area (Å²) in [6.07, 6.45) is 5.58. The molecule has 3 nitrogen and oxygen atoms in total. The third kappa shape index (κ3) is 1.61. The van der Waals surface area contributed by atoms with Crippen LogP contribution in [0.5, 0.6) is 0 Å². The van der Waals surface area contributed by atoms with E-state index in [0.717, 1.165) is 0 Å². The van der Waals surface area contributed by atoms with E-state index >= 15 is 0 Å². The minimum absolute atomic E-state index is 0.185. The maximum Gasteiger partial charge on any atom is 0.206 e. The van der Waals surface area contributed by atoms with E-state index in [1.54, 1.807) is 6.08 Å². The number of ketones is 1. The first-order chi connectivity index (χ1) is 5.27. The monoisotopic (exact) mass is 152 g/mol. The van der Waals surface area contributed by atoms with Crippen LogP contribution in [0.1, 0.15) is 0 Å². The van der Waals surface area contributed by atoms with Crippen molar-refractivity contribution in [1.29, 1.82) is 0 Å². The van der Waals surface area contributed by atoms with Gasteiger partial charge in [-0.1, -0.05) is 0 Å². The van der Waals surface area contributed by atoms with Gasteiger partial charge in [-0.25, -0.2) is 0 Å². The van der Waals surface area contributed by atoms with E-state index in [4.69, 9.17) is 9.47 Å². The van der Waals surface area contributed by atoms with Crippen LogP contribution in [-0.4, -0.2) is 20.0 Å². The van der Waals surface area contributed by atoms with Crippen molar-refractivity contribution in [1.82, 2.24) is 0 Å². The summed E-state index contributed by atoms with van der Waals surface area (Å²) in [5.74, 6) is 0.499. The highest BCUT2D eigenvalue weighted by Gasteiger charge is 2.15. The molecule has 0 aromatic carbocycles. The normalized spacial score (nSPS) is 17.1. The standard InChI is InChI=1S/C8H8O3/c1-10-6-3-4-7(9)8(5-6)11-2/h3-4H,1-2H3. The van der Waals surface area contributed by atoms with Crippen molar-refractivity contribution in [3.8, 4) is 0 Å². The largest absolute Gasteiger partial charge is 0.496 e. The predicted octanol–water partition coefficient (Wildman–Crippen LogP) is 0.637. The van der Waals surface area contributed by atoms with Crippen molar-refractivity contribution in [2.75, 3.05) is 14.2 Å². The zero-order valence-electron chi connectivity index (χ0n) is 6.38. The molecule has 0 heterocycles. The zero-order valence-corrected chi connectivity index (χ0v) is 6.38. The second-order valence-corrected chi connectivity index (χ2v) is 1.92. The molecule has 3 heteroatoms. The van der Waals surface area contributed by atoms with Gasteiger partial charge in [-0.3, -0.25) is 4.79 Å². The van der Waals surface area contributed by atoms with E-state index in [2.05, 4.69) is 6.08 Å². The molecule has 11 heavy (non-hydrogen) atoms. The van der Waals surface area contributed by atoms with Gasteiger partial charge in [0.1, 0.15) is 5.76 Å². The smallest absolute Gasteiger partial charge is 0.206 e. The van der Waals surface area contributed by atoms with E-state index in [1.807, 2.05) is 0 Å². The number of rotatable bonds is 2. The fraction of sp³-hybridized carbons (Fsp3) is 0.250. The van der Waals surface area contributed by atoms with Crippen molar-refractivity contribution < 1.29 is 14.3 Å². The molecule has 0 bridgehead atoms. The third-order valence-electron chi connectivity index (χ3n) is 1.27. The minimum atomic E-state index is -0.187. The van der Waals surface area contributed by atoms with Gasteiger partial charge in [0.2, 0.25) is 5.78 Å². The van der Waals surface area contributed by atoms with Crippen LogP contribution in [0.3, 0.4) is 0 Å². The molecule has 0 amide bonds. The van der Waals surface area contributed by atoms with Crippen molar-refractivity contribution in [2.45, 2.75) is 0 Å². The summed E-state index contributed by atoms with van der Waals surface area (Å²) in [4.78, 5) is 10.9. The Morgan fingerprint density at radius 3 is 2.64 bits per heavy atom. The number of methoxy groups -OCH3 is 2. The first kappa shape index (κ1) is 7.85. The van der Waals surface area contributed by atoms with Crippen LogP contribution in [0.25, 0.3) is 0 Å². The van der Waals surface area contributed by atoms with Gasteiger partial charge in [0.05, 0.1) is 26.7 Å². The maximum atomic E-state index is 10.9. The minimum Gasteiger partial charge on any atom is -0.496 e. The Bertz CT molecular complexity index is 225. The maximum absolute atomic E-state index is 10.9. The van der Waals surface area contributed by atoms with Crippen LogP contribution >= 0.6 is 0 Å². The quantitative estimate of drug-likeness (QED) is 0.582. The number of carbonyl (C=O) groups excluding carboxylic acids is 1. The Balaban J connectivity index is 2.80. The number of allylic oxidation sites excluding steroid dienone is 3. The molecule has 0 N–H and O–H groups in total. The lowest BCUT2D eigenvalue weighted by Gasteiger charge is -2.08. The highest BCUT2D eigenvalue weighted by Crippen LogP contribution is 2.12. The van der Waals surface area contributed by atoms with Crippen LogP contribution in [0.2, 0.25) is 0 Å². The second-order valence-electron chi connectivity index (χ2n) is 1.92. The Morgan fingerprint density at radius 1 is 1.36 bits per heavy atom. The Morgan fingerprint density at radius 2 is 2.09 bits per heavy atom. The van der Waals surface area contributed by atoms with Gasteiger partial charge in [0.25, 0.3) is 0 Å². The van der Waals surface area contributed by atoms with Crippen molar-refractivity contribution in [2.24, 2.45) is 0 Å². The molecular weight excluding hydrogens is 144 g/mol. The first-order valence-electron chi connectivity index (χ1n) is 3.09. The van der Waals surface area contributed by atoms with Gasteiger partial charge in [-0.15, -0.1) is 0 Å². The molecule has 0 aliphatic heterocycles. The van der Waals surface area contributed by atoms with Crippen molar-refractivity contribution in [3.05, 3.63) is 30.1 Å². The van der Waals surface area contributed by atoms with Gasteiger partial charge in [-0.2, -0.15) is 0 Å². The molecule has 0 aromatic heterocycles. The second kappa shape index (κ2) is 3.23. The molecule has 0 aromatic rings. The molecule has 1 rings (SSSR count). The van der Waals surface area contributed by atoms with Crippen LogP contribution < -0.4 is 0 Å². The lowest BCUT2D eigenvalue weighted by atomic mass is 10.1. The molecule has 0 unspecified atom stereocenters. The lowest BCUT2D eigenvalue weighted by Crippen LogP contribution is -2.09. The topological polar surface area (TPSA) is 35.5 Å². The van der Waals surface area contributed by atoms with Gasteiger partial charge < -0.3 is 9.47 Å². The molecule has 0 saturated heterocycles. The van der Waals surface area contributed by atoms with Crippen LogP contribution in [0.4, 0.5) is 0 Å². The van der Waals surface area contributed by atoms with E-state index in [0.29, 0.717) is 5.76 Å². The zero-order chi connectivity index (χ0) is 8.27. The molecule has 0 spiro atoms. The van der Waals surface area contributed by atoms with Crippen LogP contribution in [-0.2, 0) is 14.3 Å². The third-order valence-corrected chi connectivity index (χ3v) is 1.27. The number of carbonyl (C=O) groups is 1. The Kier molecular flexibility index (Phi) is 2.31. The molecule has 1 aliphatic carbocycles. The molecule has 58 valence electrons. The van der Waals surface area contributed by atoms with Crippen molar-refractivity contribution >= 4 is 5.78 Å². The summed E-state index contributed by atoms with van der Waals surface area (Å²) in [5, 5.41) is 0. The number of hydrogen-bond donors (Lipinski definition) is 0. The van der Waals surface area contributed by atoms with Gasteiger partial charge in [0, 0.05) is 0 Å². The average Bonchev–Trinajstić information content (AvgIpc) is 2.05. The molecular formula is C8H8O3. The number of ether oxygens (including phenoxy) is 2. The van der Waals surface area contributed by atoms with Crippen LogP contribution in [0.15, 0.2) is 17.6 Å². The van der Waals surface area contributed by atoms with Gasteiger partial charge in [0.15, 0.2) is 5.76 Å². The highest BCUT2D eigenvalue weighted by atomic mass is 16.5. The molecule has 0 fully saturated rings.